The van der Waals surface area contributed by atoms with Gasteiger partial charge in [-0.15, -0.1) is 0 Å². The van der Waals surface area contributed by atoms with Gasteiger partial charge in [0.15, 0.2) is 0 Å². The van der Waals surface area contributed by atoms with Crippen LogP contribution in [0.5, 0.6) is 5.75 Å². The number of para-hydroxylation sites is 1. The van der Waals surface area contributed by atoms with E-state index in [4.69, 9.17) is 4.74 Å². The predicted octanol–water partition coefficient (Wildman–Crippen LogP) is 4.31. The summed E-state index contributed by atoms with van der Waals surface area (Å²) in [6, 6.07) is 9.63. The predicted molar refractivity (Wildman–Crippen MR) is 85.4 cm³/mol. The molecule has 2 fully saturated rings. The SMILES string of the molecule is CC1(C)C(NC2CCOc3ccccc32)[C@]2(C)CC[C@H]1C2. The highest BCUT2D eigenvalue weighted by molar-refractivity contribution is 5.37. The third kappa shape index (κ3) is 1.95. The van der Waals surface area contributed by atoms with Crippen LogP contribution in [0.3, 0.4) is 0 Å². The highest BCUT2D eigenvalue weighted by Crippen LogP contribution is 2.62. The smallest absolute Gasteiger partial charge is 0.124 e. The van der Waals surface area contributed by atoms with E-state index in [1.807, 2.05) is 0 Å². The Labute approximate surface area is 128 Å². The Morgan fingerprint density at radius 1 is 1.14 bits per heavy atom. The highest BCUT2D eigenvalue weighted by atomic mass is 16.5. The van der Waals surface area contributed by atoms with Crippen LogP contribution in [0.4, 0.5) is 0 Å². The van der Waals surface area contributed by atoms with Crippen molar-refractivity contribution in [1.82, 2.24) is 5.32 Å². The molecule has 114 valence electrons. The summed E-state index contributed by atoms with van der Waals surface area (Å²) in [5, 5.41) is 4.06. The second kappa shape index (κ2) is 4.49. The van der Waals surface area contributed by atoms with Gasteiger partial charge < -0.3 is 10.1 Å². The molecule has 2 heteroatoms. The van der Waals surface area contributed by atoms with E-state index in [1.165, 1.54) is 24.8 Å². The molecule has 2 aliphatic carbocycles. The molecule has 2 nitrogen and oxygen atoms in total. The summed E-state index contributed by atoms with van der Waals surface area (Å²) >= 11 is 0. The van der Waals surface area contributed by atoms with Gasteiger partial charge in [0.05, 0.1) is 6.61 Å². The summed E-state index contributed by atoms with van der Waals surface area (Å²) in [5.41, 5.74) is 2.26. The first-order valence-electron chi connectivity index (χ1n) is 8.48. The van der Waals surface area contributed by atoms with Gasteiger partial charge in [-0.05, 0) is 42.1 Å². The molecule has 0 saturated heterocycles. The monoisotopic (exact) mass is 285 g/mol. The molecule has 2 saturated carbocycles. The molecule has 2 bridgehead atoms. The van der Waals surface area contributed by atoms with E-state index < -0.39 is 0 Å². The lowest BCUT2D eigenvalue weighted by molar-refractivity contribution is 0.0905. The molecule has 0 spiro atoms. The van der Waals surface area contributed by atoms with Crippen molar-refractivity contribution in [2.24, 2.45) is 16.7 Å². The van der Waals surface area contributed by atoms with Crippen LogP contribution in [0.25, 0.3) is 0 Å². The molecule has 4 rings (SSSR count). The molecule has 21 heavy (non-hydrogen) atoms. The van der Waals surface area contributed by atoms with Crippen LogP contribution in [-0.4, -0.2) is 12.6 Å². The maximum absolute atomic E-state index is 5.82. The van der Waals surface area contributed by atoms with Crippen molar-refractivity contribution >= 4 is 0 Å². The van der Waals surface area contributed by atoms with Gasteiger partial charge in [-0.25, -0.2) is 0 Å². The van der Waals surface area contributed by atoms with Gasteiger partial charge in [0.25, 0.3) is 0 Å². The second-order valence-electron chi connectivity index (χ2n) is 8.24. The lowest BCUT2D eigenvalue weighted by Crippen LogP contribution is -2.51. The summed E-state index contributed by atoms with van der Waals surface area (Å²) < 4.78 is 5.82. The quantitative estimate of drug-likeness (QED) is 0.874. The minimum absolute atomic E-state index is 0.417. The van der Waals surface area contributed by atoms with Crippen LogP contribution in [0.2, 0.25) is 0 Å². The van der Waals surface area contributed by atoms with Crippen molar-refractivity contribution in [2.45, 2.75) is 58.5 Å². The minimum Gasteiger partial charge on any atom is -0.493 e. The molecular formula is C19H27NO. The Kier molecular flexibility index (Phi) is 2.91. The lowest BCUT2D eigenvalue weighted by Gasteiger charge is -2.45. The normalized spacial score (nSPS) is 39.9. The van der Waals surface area contributed by atoms with Crippen molar-refractivity contribution in [3.8, 4) is 5.75 Å². The maximum Gasteiger partial charge on any atom is 0.124 e. The number of ether oxygens (including phenoxy) is 1. The Morgan fingerprint density at radius 2 is 1.95 bits per heavy atom. The summed E-state index contributed by atoms with van der Waals surface area (Å²) in [7, 11) is 0. The van der Waals surface area contributed by atoms with Crippen molar-refractivity contribution in [2.75, 3.05) is 6.61 Å². The molecule has 4 atom stereocenters. The van der Waals surface area contributed by atoms with Crippen molar-refractivity contribution in [1.29, 1.82) is 0 Å². The number of fused-ring (bicyclic) bond motifs is 3. The topological polar surface area (TPSA) is 21.3 Å². The van der Waals surface area contributed by atoms with Gasteiger partial charge >= 0.3 is 0 Å². The van der Waals surface area contributed by atoms with Crippen LogP contribution in [0.1, 0.15) is 58.1 Å². The number of nitrogens with one attached hydrogen (secondary N) is 1. The Bertz CT molecular complexity index is 547. The molecule has 3 aliphatic rings. The molecule has 0 amide bonds. The molecule has 1 N–H and O–H groups in total. The van der Waals surface area contributed by atoms with Gasteiger partial charge in [-0.1, -0.05) is 39.0 Å². The zero-order valence-corrected chi connectivity index (χ0v) is 13.5. The van der Waals surface area contributed by atoms with Crippen LogP contribution < -0.4 is 10.1 Å². The van der Waals surface area contributed by atoms with Gasteiger partial charge in [-0.3, -0.25) is 0 Å². The summed E-state index contributed by atoms with van der Waals surface area (Å²) in [6.45, 7) is 8.29. The zero-order chi connectivity index (χ0) is 14.7. The summed E-state index contributed by atoms with van der Waals surface area (Å²) in [6.07, 6.45) is 5.31. The third-order valence-corrected chi connectivity index (χ3v) is 6.60. The van der Waals surface area contributed by atoms with Crippen molar-refractivity contribution < 1.29 is 4.74 Å². The Hall–Kier alpha value is -1.02. The van der Waals surface area contributed by atoms with E-state index >= 15 is 0 Å². The van der Waals surface area contributed by atoms with Crippen LogP contribution in [0.15, 0.2) is 24.3 Å². The fourth-order valence-corrected chi connectivity index (χ4v) is 5.43. The highest BCUT2D eigenvalue weighted by Gasteiger charge is 2.59. The van der Waals surface area contributed by atoms with Crippen molar-refractivity contribution in [3.63, 3.8) is 0 Å². The van der Waals surface area contributed by atoms with Gasteiger partial charge in [0.2, 0.25) is 0 Å². The average molecular weight is 285 g/mol. The fourth-order valence-electron chi connectivity index (χ4n) is 5.43. The number of hydrogen-bond donors (Lipinski definition) is 1. The van der Waals surface area contributed by atoms with Gasteiger partial charge in [0, 0.05) is 24.1 Å². The number of benzene rings is 1. The third-order valence-electron chi connectivity index (χ3n) is 6.60. The largest absolute Gasteiger partial charge is 0.493 e. The molecule has 0 aromatic heterocycles. The summed E-state index contributed by atoms with van der Waals surface area (Å²) in [4.78, 5) is 0. The first-order chi connectivity index (χ1) is 10.0. The minimum atomic E-state index is 0.417. The molecule has 1 aromatic carbocycles. The van der Waals surface area contributed by atoms with E-state index in [0.717, 1.165) is 24.7 Å². The first kappa shape index (κ1) is 13.6. The molecule has 1 heterocycles. The average Bonchev–Trinajstić information content (AvgIpc) is 2.95. The van der Waals surface area contributed by atoms with Gasteiger partial charge in [0.1, 0.15) is 5.75 Å². The van der Waals surface area contributed by atoms with E-state index in [0.29, 0.717) is 22.9 Å². The number of hydrogen-bond acceptors (Lipinski definition) is 2. The molecule has 2 unspecified atom stereocenters. The van der Waals surface area contributed by atoms with E-state index in [-0.39, 0.29) is 0 Å². The number of rotatable bonds is 2. The van der Waals surface area contributed by atoms with Crippen LogP contribution in [0, 0.1) is 16.7 Å². The van der Waals surface area contributed by atoms with E-state index in [9.17, 15) is 0 Å². The van der Waals surface area contributed by atoms with Gasteiger partial charge in [-0.2, -0.15) is 0 Å². The molecule has 1 aromatic rings. The standard InChI is InChI=1S/C19H27NO/c1-18(2)13-8-10-19(3,12-13)17(18)20-15-9-11-21-16-7-5-4-6-14(15)16/h4-7,13,15,17,20H,8-12H2,1-3H3/t13-,15?,17?,19+/m0/s1. The Morgan fingerprint density at radius 3 is 2.71 bits per heavy atom. The molecule has 0 radical (unpaired) electrons. The second-order valence-corrected chi connectivity index (χ2v) is 8.24. The molecular weight excluding hydrogens is 258 g/mol. The van der Waals surface area contributed by atoms with Crippen LogP contribution >= 0.6 is 0 Å². The first-order valence-corrected chi connectivity index (χ1v) is 8.48. The fraction of sp³-hybridized carbons (Fsp3) is 0.684. The Balaban J connectivity index is 1.62. The lowest BCUT2D eigenvalue weighted by atomic mass is 9.68. The summed E-state index contributed by atoms with van der Waals surface area (Å²) in [5.74, 6) is 1.97. The maximum atomic E-state index is 5.82. The van der Waals surface area contributed by atoms with Crippen molar-refractivity contribution in [3.05, 3.63) is 29.8 Å². The zero-order valence-electron chi connectivity index (χ0n) is 13.5. The van der Waals surface area contributed by atoms with E-state index in [1.54, 1.807) is 0 Å². The van der Waals surface area contributed by atoms with E-state index in [2.05, 4.69) is 50.4 Å². The van der Waals surface area contributed by atoms with Crippen LogP contribution in [-0.2, 0) is 0 Å². The molecule has 1 aliphatic heterocycles.